The maximum atomic E-state index is 10.8. The first-order valence-electron chi connectivity index (χ1n) is 5.77. The van der Waals surface area contributed by atoms with Gasteiger partial charge in [-0.3, -0.25) is 10.1 Å². The number of hydrogen-bond acceptors (Lipinski definition) is 6. The molecule has 3 N–H and O–H groups in total. The highest BCUT2D eigenvalue weighted by atomic mass is 16.6. The highest BCUT2D eigenvalue weighted by Crippen LogP contribution is 2.27. The molecule has 0 aromatic carbocycles. The number of piperidine rings is 1. The third kappa shape index (κ3) is 2.67. The maximum absolute atomic E-state index is 10.8. The molecular formula is C11H16N4O3. The van der Waals surface area contributed by atoms with Crippen molar-refractivity contribution < 1.29 is 10.0 Å². The Bertz CT molecular complexity index is 465. The van der Waals surface area contributed by atoms with Crippen LogP contribution in [0.5, 0.6) is 0 Å². The number of pyridine rings is 1. The molecule has 1 aliphatic heterocycles. The van der Waals surface area contributed by atoms with Crippen molar-refractivity contribution in [3.63, 3.8) is 0 Å². The van der Waals surface area contributed by atoms with Gasteiger partial charge in [0.15, 0.2) is 0 Å². The van der Waals surface area contributed by atoms with Crippen molar-refractivity contribution in [2.75, 3.05) is 23.7 Å². The minimum atomic E-state index is -0.664. The molecule has 7 heteroatoms. The van der Waals surface area contributed by atoms with Crippen LogP contribution in [0.4, 0.5) is 17.3 Å². The van der Waals surface area contributed by atoms with E-state index in [1.807, 2.05) is 4.90 Å². The van der Waals surface area contributed by atoms with E-state index in [0.717, 1.165) is 0 Å². The summed E-state index contributed by atoms with van der Waals surface area (Å²) < 4.78 is 0. The molecule has 1 saturated heterocycles. The van der Waals surface area contributed by atoms with Gasteiger partial charge >= 0.3 is 0 Å². The van der Waals surface area contributed by atoms with Crippen LogP contribution in [0.3, 0.4) is 0 Å². The van der Waals surface area contributed by atoms with Gasteiger partial charge in [-0.1, -0.05) is 0 Å². The zero-order valence-electron chi connectivity index (χ0n) is 10.2. The van der Waals surface area contributed by atoms with Gasteiger partial charge in [0.05, 0.1) is 22.7 Å². The summed E-state index contributed by atoms with van der Waals surface area (Å²) in [6.07, 6.45) is 1.22. The lowest BCUT2D eigenvalue weighted by Crippen LogP contribution is -2.42. The molecule has 0 radical (unpaired) electrons. The van der Waals surface area contributed by atoms with Crippen molar-refractivity contribution in [1.29, 1.82) is 0 Å². The van der Waals surface area contributed by atoms with E-state index < -0.39 is 10.5 Å². The Hall–Kier alpha value is -1.89. The summed E-state index contributed by atoms with van der Waals surface area (Å²) in [5, 5.41) is 20.6. The lowest BCUT2D eigenvalue weighted by molar-refractivity contribution is -0.384. The molecule has 1 aromatic rings. The molecule has 0 aliphatic carbocycles. The van der Waals surface area contributed by atoms with Crippen LogP contribution in [0.25, 0.3) is 0 Å². The summed E-state index contributed by atoms with van der Waals surface area (Å²) >= 11 is 0. The van der Waals surface area contributed by atoms with Gasteiger partial charge in [-0.25, -0.2) is 4.98 Å². The fourth-order valence-corrected chi connectivity index (χ4v) is 2.01. The van der Waals surface area contributed by atoms with Gasteiger partial charge in [-0.15, -0.1) is 0 Å². The number of hydrogen-bond donors (Lipinski definition) is 2. The third-order valence-electron chi connectivity index (χ3n) is 3.19. The monoisotopic (exact) mass is 252 g/mol. The minimum absolute atomic E-state index is 0.0603. The molecule has 98 valence electrons. The van der Waals surface area contributed by atoms with E-state index in [0.29, 0.717) is 31.7 Å². The van der Waals surface area contributed by atoms with Crippen LogP contribution in [0.15, 0.2) is 12.1 Å². The molecule has 0 amide bonds. The molecule has 1 aliphatic rings. The van der Waals surface area contributed by atoms with Crippen LogP contribution >= 0.6 is 0 Å². The zero-order chi connectivity index (χ0) is 13.3. The Balaban J connectivity index is 2.21. The third-order valence-corrected chi connectivity index (χ3v) is 3.19. The van der Waals surface area contributed by atoms with Gasteiger partial charge in [-0.05, 0) is 19.8 Å². The topological polar surface area (TPSA) is 106 Å². The lowest BCUT2D eigenvalue weighted by Gasteiger charge is -2.36. The van der Waals surface area contributed by atoms with E-state index >= 15 is 0 Å². The first-order chi connectivity index (χ1) is 8.37. The number of rotatable bonds is 2. The van der Waals surface area contributed by atoms with Crippen LogP contribution in [0.1, 0.15) is 19.8 Å². The fourth-order valence-electron chi connectivity index (χ4n) is 2.01. The average Bonchev–Trinajstić information content (AvgIpc) is 2.28. The number of anilines is 2. The highest BCUT2D eigenvalue weighted by molar-refractivity contribution is 5.54. The first-order valence-corrected chi connectivity index (χ1v) is 5.77. The molecule has 0 bridgehead atoms. The van der Waals surface area contributed by atoms with Gasteiger partial charge in [0.1, 0.15) is 11.6 Å². The summed E-state index contributed by atoms with van der Waals surface area (Å²) in [5.74, 6) is 0.633. The molecule has 18 heavy (non-hydrogen) atoms. The van der Waals surface area contributed by atoms with Crippen LogP contribution in [0.2, 0.25) is 0 Å². The van der Waals surface area contributed by atoms with Crippen LogP contribution in [-0.4, -0.2) is 33.7 Å². The number of nitrogens with two attached hydrogens (primary N) is 1. The SMILES string of the molecule is CC1(O)CCN(c2cc([N+](=O)[O-])cc(N)n2)CC1. The Morgan fingerprint density at radius 3 is 2.67 bits per heavy atom. The second kappa shape index (κ2) is 4.41. The van der Waals surface area contributed by atoms with Crippen molar-refractivity contribution in [3.05, 3.63) is 22.2 Å². The molecule has 1 fully saturated rings. The van der Waals surface area contributed by atoms with Gasteiger partial charge < -0.3 is 15.7 Å². The van der Waals surface area contributed by atoms with Gasteiger partial charge in [0, 0.05) is 13.1 Å². The summed E-state index contributed by atoms with van der Waals surface area (Å²) in [6, 6.07) is 2.65. The van der Waals surface area contributed by atoms with E-state index in [2.05, 4.69) is 4.98 Å². The normalized spacial score (nSPS) is 18.7. The van der Waals surface area contributed by atoms with E-state index in [9.17, 15) is 15.2 Å². The molecule has 1 aromatic heterocycles. The van der Waals surface area contributed by atoms with Crippen LogP contribution in [-0.2, 0) is 0 Å². The standard InChI is InChI=1S/C11H16N4O3/c1-11(16)2-4-14(5-3-11)10-7-8(15(17)18)6-9(12)13-10/h6-7,16H,2-5H2,1H3,(H2,12,13). The Morgan fingerprint density at radius 1 is 1.50 bits per heavy atom. The number of aromatic nitrogens is 1. The molecule has 2 rings (SSSR count). The number of nitro groups is 1. The maximum Gasteiger partial charge on any atom is 0.276 e. The zero-order valence-corrected chi connectivity index (χ0v) is 10.2. The second-order valence-electron chi connectivity index (χ2n) is 4.85. The van der Waals surface area contributed by atoms with E-state index in [-0.39, 0.29) is 11.5 Å². The fraction of sp³-hybridized carbons (Fsp3) is 0.545. The lowest BCUT2D eigenvalue weighted by atomic mass is 9.94. The van der Waals surface area contributed by atoms with Crippen LogP contribution < -0.4 is 10.6 Å². The smallest absolute Gasteiger partial charge is 0.276 e. The summed E-state index contributed by atoms with van der Waals surface area (Å²) in [6.45, 7) is 3.01. The first kappa shape index (κ1) is 12.6. The van der Waals surface area contributed by atoms with Crippen molar-refractivity contribution in [1.82, 2.24) is 4.98 Å². The number of nitrogens with zero attached hydrogens (tertiary/aromatic N) is 3. The molecular weight excluding hydrogens is 236 g/mol. The highest BCUT2D eigenvalue weighted by Gasteiger charge is 2.28. The van der Waals surface area contributed by atoms with E-state index in [1.165, 1.54) is 12.1 Å². The molecule has 7 nitrogen and oxygen atoms in total. The molecule has 2 heterocycles. The van der Waals surface area contributed by atoms with Crippen molar-refractivity contribution >= 4 is 17.3 Å². The Morgan fingerprint density at radius 2 is 2.11 bits per heavy atom. The van der Waals surface area contributed by atoms with Crippen molar-refractivity contribution in [2.24, 2.45) is 0 Å². The quantitative estimate of drug-likeness (QED) is 0.599. The number of aliphatic hydroxyl groups is 1. The van der Waals surface area contributed by atoms with Gasteiger partial charge in [0.2, 0.25) is 0 Å². The predicted molar refractivity (Wildman–Crippen MR) is 67.4 cm³/mol. The minimum Gasteiger partial charge on any atom is -0.390 e. The Labute approximate surface area is 104 Å². The van der Waals surface area contributed by atoms with E-state index in [4.69, 9.17) is 5.73 Å². The van der Waals surface area contributed by atoms with E-state index in [1.54, 1.807) is 6.92 Å². The second-order valence-corrected chi connectivity index (χ2v) is 4.85. The van der Waals surface area contributed by atoms with Crippen molar-refractivity contribution in [2.45, 2.75) is 25.4 Å². The summed E-state index contributed by atoms with van der Waals surface area (Å²) in [4.78, 5) is 16.3. The van der Waals surface area contributed by atoms with Crippen LogP contribution in [0, 0.1) is 10.1 Å². The Kier molecular flexibility index (Phi) is 3.08. The average molecular weight is 252 g/mol. The van der Waals surface area contributed by atoms with Gasteiger partial charge in [-0.2, -0.15) is 0 Å². The number of nitrogen functional groups attached to an aromatic ring is 1. The largest absolute Gasteiger partial charge is 0.390 e. The van der Waals surface area contributed by atoms with Crippen molar-refractivity contribution in [3.8, 4) is 0 Å². The molecule has 0 saturated carbocycles. The summed E-state index contributed by atoms with van der Waals surface area (Å²) in [5.41, 5.74) is 4.84. The summed E-state index contributed by atoms with van der Waals surface area (Å²) in [7, 11) is 0. The molecule has 0 atom stereocenters. The molecule has 0 unspecified atom stereocenters. The van der Waals surface area contributed by atoms with Gasteiger partial charge in [0.25, 0.3) is 5.69 Å². The molecule has 0 spiro atoms. The predicted octanol–water partition coefficient (Wildman–Crippen LogP) is 0.923.